The molecule has 0 aromatic heterocycles. The molecule has 0 unspecified atom stereocenters. The van der Waals surface area contributed by atoms with Gasteiger partial charge in [0.15, 0.2) is 0 Å². The minimum atomic E-state index is -1.11. The maximum absolute atomic E-state index is 12.0. The average Bonchev–Trinajstić information content (AvgIpc) is 2.73. The highest BCUT2D eigenvalue weighted by atomic mass is 16.5. The van der Waals surface area contributed by atoms with Gasteiger partial charge in [0.1, 0.15) is 12.6 Å². The summed E-state index contributed by atoms with van der Waals surface area (Å²) in [6, 6.07) is 25.7. The van der Waals surface area contributed by atoms with Crippen LogP contribution in [0.1, 0.15) is 11.1 Å². The summed E-state index contributed by atoms with van der Waals surface area (Å²) >= 11 is 0. The van der Waals surface area contributed by atoms with E-state index in [0.29, 0.717) is 0 Å². The Morgan fingerprint density at radius 3 is 1.96 bits per heavy atom. The Kier molecular flexibility index (Phi) is 6.41. The van der Waals surface area contributed by atoms with E-state index in [1.165, 1.54) is 0 Å². The van der Waals surface area contributed by atoms with Gasteiger partial charge in [0, 0.05) is 6.42 Å². The van der Waals surface area contributed by atoms with Crippen LogP contribution in [-0.2, 0) is 22.6 Å². The maximum atomic E-state index is 12.0. The molecule has 0 saturated heterocycles. The zero-order valence-corrected chi connectivity index (χ0v) is 15.2. The molecule has 0 fully saturated rings. The normalized spacial score (nSPS) is 11.4. The van der Waals surface area contributed by atoms with Gasteiger partial charge in [0.2, 0.25) is 0 Å². The number of aliphatic carboxylic acids is 1. The molecule has 2 N–H and O–H groups in total. The van der Waals surface area contributed by atoms with E-state index < -0.39 is 18.1 Å². The second kappa shape index (κ2) is 9.37. The van der Waals surface area contributed by atoms with Gasteiger partial charge in [-0.3, -0.25) is 0 Å². The molecule has 0 aliphatic heterocycles. The van der Waals surface area contributed by atoms with Crippen LogP contribution < -0.4 is 5.32 Å². The van der Waals surface area contributed by atoms with Crippen molar-refractivity contribution in [2.75, 3.05) is 0 Å². The first kappa shape index (κ1) is 19.2. The van der Waals surface area contributed by atoms with Gasteiger partial charge in [-0.05, 0) is 22.3 Å². The molecule has 3 aromatic carbocycles. The van der Waals surface area contributed by atoms with E-state index in [1.54, 1.807) is 0 Å². The minimum absolute atomic E-state index is 0.0881. The highest BCUT2D eigenvalue weighted by molar-refractivity contribution is 5.80. The third-order valence-corrected chi connectivity index (χ3v) is 4.30. The Hall–Kier alpha value is -3.60. The van der Waals surface area contributed by atoms with Gasteiger partial charge in [-0.15, -0.1) is 0 Å². The zero-order valence-electron chi connectivity index (χ0n) is 15.2. The summed E-state index contributed by atoms with van der Waals surface area (Å²) in [5.41, 5.74) is 3.79. The lowest BCUT2D eigenvalue weighted by atomic mass is 10.0. The van der Waals surface area contributed by atoms with Crippen LogP contribution in [0, 0.1) is 0 Å². The molecular formula is C23H21NO4. The number of benzene rings is 3. The molecule has 3 rings (SSSR count). The van der Waals surface area contributed by atoms with Gasteiger partial charge in [0.05, 0.1) is 0 Å². The fraction of sp³-hybridized carbons (Fsp3) is 0.130. The second-order valence-electron chi connectivity index (χ2n) is 6.36. The first-order chi connectivity index (χ1) is 13.6. The van der Waals surface area contributed by atoms with Gasteiger partial charge in [-0.2, -0.15) is 0 Å². The first-order valence-corrected chi connectivity index (χ1v) is 8.96. The third kappa shape index (κ3) is 5.45. The Morgan fingerprint density at radius 2 is 1.36 bits per heavy atom. The van der Waals surface area contributed by atoms with Gasteiger partial charge in [-0.1, -0.05) is 84.9 Å². The molecule has 0 aliphatic rings. The number of alkyl carbamates (subject to hydrolysis) is 1. The number of carbonyl (C=O) groups is 2. The van der Waals surface area contributed by atoms with Gasteiger partial charge < -0.3 is 15.2 Å². The summed E-state index contributed by atoms with van der Waals surface area (Å²) in [6.07, 6.45) is -0.581. The number of ether oxygens (including phenoxy) is 1. The van der Waals surface area contributed by atoms with Crippen molar-refractivity contribution in [1.29, 1.82) is 0 Å². The van der Waals surface area contributed by atoms with Crippen LogP contribution in [0.15, 0.2) is 84.9 Å². The van der Waals surface area contributed by atoms with Crippen molar-refractivity contribution >= 4 is 12.1 Å². The van der Waals surface area contributed by atoms with Gasteiger partial charge >= 0.3 is 12.1 Å². The number of hydrogen-bond donors (Lipinski definition) is 2. The molecule has 0 radical (unpaired) electrons. The molecule has 0 heterocycles. The highest BCUT2D eigenvalue weighted by Crippen LogP contribution is 2.19. The molecule has 0 bridgehead atoms. The monoisotopic (exact) mass is 375 g/mol. The topological polar surface area (TPSA) is 75.6 Å². The lowest BCUT2D eigenvalue weighted by Gasteiger charge is -2.15. The number of hydrogen-bond acceptors (Lipinski definition) is 3. The molecule has 0 spiro atoms. The van der Waals surface area contributed by atoms with Crippen LogP contribution in [0.5, 0.6) is 0 Å². The Morgan fingerprint density at radius 1 is 0.786 bits per heavy atom. The number of rotatable bonds is 7. The van der Waals surface area contributed by atoms with Crippen molar-refractivity contribution in [3.8, 4) is 11.1 Å². The van der Waals surface area contributed by atoms with Crippen LogP contribution in [0.2, 0.25) is 0 Å². The Balaban J connectivity index is 1.58. The Bertz CT molecular complexity index is 908. The smallest absolute Gasteiger partial charge is 0.408 e. The second-order valence-corrected chi connectivity index (χ2v) is 6.36. The summed E-state index contributed by atoms with van der Waals surface area (Å²) < 4.78 is 5.11. The summed E-state index contributed by atoms with van der Waals surface area (Å²) in [5.74, 6) is -1.11. The van der Waals surface area contributed by atoms with Crippen molar-refractivity contribution in [2.24, 2.45) is 0 Å². The highest BCUT2D eigenvalue weighted by Gasteiger charge is 2.21. The van der Waals surface area contributed by atoms with Crippen molar-refractivity contribution in [1.82, 2.24) is 5.32 Å². The molecule has 0 saturated carbocycles. The predicted molar refractivity (Wildman–Crippen MR) is 107 cm³/mol. The minimum Gasteiger partial charge on any atom is -0.480 e. The fourth-order valence-corrected chi connectivity index (χ4v) is 2.81. The quantitative estimate of drug-likeness (QED) is 0.646. The number of carboxylic acids is 1. The lowest BCUT2D eigenvalue weighted by Crippen LogP contribution is -2.42. The molecular weight excluding hydrogens is 354 g/mol. The number of carbonyl (C=O) groups excluding carboxylic acids is 1. The summed E-state index contributed by atoms with van der Waals surface area (Å²) in [6.45, 7) is 0.0881. The van der Waals surface area contributed by atoms with Gasteiger partial charge in [-0.25, -0.2) is 9.59 Å². The summed E-state index contributed by atoms with van der Waals surface area (Å²) in [7, 11) is 0. The summed E-state index contributed by atoms with van der Waals surface area (Å²) in [5, 5.41) is 11.9. The summed E-state index contributed by atoms with van der Waals surface area (Å²) in [4.78, 5) is 23.5. The van der Waals surface area contributed by atoms with Crippen LogP contribution in [0.25, 0.3) is 11.1 Å². The van der Waals surface area contributed by atoms with Crippen molar-refractivity contribution in [3.05, 3.63) is 96.1 Å². The molecule has 1 atom stereocenters. The molecule has 5 heteroatoms. The lowest BCUT2D eigenvalue weighted by molar-refractivity contribution is -0.139. The van der Waals surface area contributed by atoms with E-state index in [4.69, 9.17) is 4.74 Å². The third-order valence-electron chi connectivity index (χ3n) is 4.30. The maximum Gasteiger partial charge on any atom is 0.408 e. The molecule has 0 aliphatic carbocycles. The number of nitrogens with one attached hydrogen (secondary N) is 1. The van der Waals surface area contributed by atoms with E-state index in [2.05, 4.69) is 5.32 Å². The largest absolute Gasteiger partial charge is 0.480 e. The van der Waals surface area contributed by atoms with Crippen molar-refractivity contribution < 1.29 is 19.4 Å². The van der Waals surface area contributed by atoms with E-state index in [0.717, 1.165) is 22.3 Å². The molecule has 28 heavy (non-hydrogen) atoms. The van der Waals surface area contributed by atoms with Crippen LogP contribution >= 0.6 is 0 Å². The van der Waals surface area contributed by atoms with E-state index >= 15 is 0 Å². The van der Waals surface area contributed by atoms with Crippen molar-refractivity contribution in [2.45, 2.75) is 19.1 Å². The Labute approximate surface area is 163 Å². The van der Waals surface area contributed by atoms with Crippen LogP contribution in [0.4, 0.5) is 4.79 Å². The van der Waals surface area contributed by atoms with E-state index in [-0.39, 0.29) is 13.0 Å². The first-order valence-electron chi connectivity index (χ1n) is 8.96. The average molecular weight is 375 g/mol. The molecule has 3 aromatic rings. The SMILES string of the molecule is O=C(N[C@@H](Cc1ccc(-c2ccccc2)cc1)C(=O)O)OCc1ccccc1. The van der Waals surface area contributed by atoms with Crippen LogP contribution in [-0.4, -0.2) is 23.2 Å². The van der Waals surface area contributed by atoms with Gasteiger partial charge in [0.25, 0.3) is 0 Å². The number of carboxylic acid groups (broad SMARTS) is 1. The zero-order chi connectivity index (χ0) is 19.8. The standard InChI is InChI=1S/C23H21NO4/c25-22(26)21(24-23(27)28-16-18-7-3-1-4-8-18)15-17-11-13-20(14-12-17)19-9-5-2-6-10-19/h1-14,21H,15-16H2,(H,24,27)(H,25,26)/t21-/m0/s1. The predicted octanol–water partition coefficient (Wildman–Crippen LogP) is 4.28. The molecule has 1 amide bonds. The van der Waals surface area contributed by atoms with Crippen molar-refractivity contribution in [3.63, 3.8) is 0 Å². The molecule has 142 valence electrons. The van der Waals surface area contributed by atoms with E-state index in [1.807, 2.05) is 84.9 Å². The fourth-order valence-electron chi connectivity index (χ4n) is 2.81. The van der Waals surface area contributed by atoms with E-state index in [9.17, 15) is 14.7 Å². The number of amides is 1. The van der Waals surface area contributed by atoms with Crippen LogP contribution in [0.3, 0.4) is 0 Å². The molecule has 5 nitrogen and oxygen atoms in total.